The van der Waals surface area contributed by atoms with E-state index in [-0.39, 0.29) is 10.9 Å². The van der Waals surface area contributed by atoms with E-state index in [1.807, 2.05) is 13.8 Å². The topological polar surface area (TPSA) is 61.5 Å². The molecule has 0 unspecified atom stereocenters. The summed E-state index contributed by atoms with van der Waals surface area (Å²) in [5.41, 5.74) is 5.47. The van der Waals surface area contributed by atoms with Crippen molar-refractivity contribution >= 4 is 17.6 Å². The number of rotatable bonds is 6. The fourth-order valence-corrected chi connectivity index (χ4v) is 2.10. The standard InChI is InChI=1S/C15H21ClFNO3/c1-8(2)14(10(4)20-15(19)9(3)18)21-13-6-11(16)5-12(17)7-13/h5-10,14H,18H2,1-4H3/t9-,10-,14+/m0/s1. The number of halogens is 2. The van der Waals surface area contributed by atoms with Crippen LogP contribution in [-0.4, -0.2) is 24.2 Å². The largest absolute Gasteiger partial charge is 0.486 e. The van der Waals surface area contributed by atoms with Gasteiger partial charge in [0, 0.05) is 11.1 Å². The molecule has 1 aromatic rings. The Morgan fingerprint density at radius 2 is 1.86 bits per heavy atom. The van der Waals surface area contributed by atoms with Gasteiger partial charge < -0.3 is 15.2 Å². The van der Waals surface area contributed by atoms with Gasteiger partial charge in [-0.15, -0.1) is 0 Å². The van der Waals surface area contributed by atoms with Crippen LogP contribution in [-0.2, 0) is 9.53 Å². The van der Waals surface area contributed by atoms with E-state index in [9.17, 15) is 9.18 Å². The Balaban J connectivity index is 2.84. The highest BCUT2D eigenvalue weighted by Crippen LogP contribution is 2.24. The zero-order valence-electron chi connectivity index (χ0n) is 12.6. The highest BCUT2D eigenvalue weighted by atomic mass is 35.5. The first-order valence-electron chi connectivity index (χ1n) is 6.79. The van der Waals surface area contributed by atoms with Gasteiger partial charge in [-0.25, -0.2) is 4.39 Å². The second-order valence-electron chi connectivity index (χ2n) is 5.36. The highest BCUT2D eigenvalue weighted by molar-refractivity contribution is 6.30. The number of carbonyl (C=O) groups is 1. The first kappa shape index (κ1) is 17.7. The summed E-state index contributed by atoms with van der Waals surface area (Å²) in [5.74, 6) is -0.653. The molecule has 1 aromatic carbocycles. The van der Waals surface area contributed by atoms with Gasteiger partial charge in [-0.1, -0.05) is 25.4 Å². The van der Waals surface area contributed by atoms with E-state index >= 15 is 0 Å². The van der Waals surface area contributed by atoms with Crippen molar-refractivity contribution in [2.75, 3.05) is 0 Å². The third-order valence-electron chi connectivity index (χ3n) is 2.90. The van der Waals surface area contributed by atoms with Gasteiger partial charge >= 0.3 is 5.97 Å². The van der Waals surface area contributed by atoms with Crippen LogP contribution >= 0.6 is 11.6 Å². The molecule has 0 heterocycles. The lowest BCUT2D eigenvalue weighted by Gasteiger charge is -2.28. The highest BCUT2D eigenvalue weighted by Gasteiger charge is 2.27. The molecule has 3 atom stereocenters. The number of hydrogen-bond acceptors (Lipinski definition) is 4. The van der Waals surface area contributed by atoms with Crippen molar-refractivity contribution < 1.29 is 18.7 Å². The molecular weight excluding hydrogens is 297 g/mol. The second-order valence-corrected chi connectivity index (χ2v) is 5.80. The quantitative estimate of drug-likeness (QED) is 0.819. The summed E-state index contributed by atoms with van der Waals surface area (Å²) in [5, 5.41) is 0.243. The van der Waals surface area contributed by atoms with Crippen LogP contribution in [0, 0.1) is 11.7 Å². The number of esters is 1. The minimum Gasteiger partial charge on any atom is -0.486 e. The van der Waals surface area contributed by atoms with Crippen LogP contribution in [0.15, 0.2) is 18.2 Å². The Morgan fingerprint density at radius 1 is 1.24 bits per heavy atom. The Morgan fingerprint density at radius 3 is 2.33 bits per heavy atom. The van der Waals surface area contributed by atoms with Crippen molar-refractivity contribution in [2.24, 2.45) is 11.7 Å². The molecule has 0 saturated carbocycles. The summed E-state index contributed by atoms with van der Waals surface area (Å²) in [6.45, 7) is 7.10. The molecule has 0 radical (unpaired) electrons. The van der Waals surface area contributed by atoms with Gasteiger partial charge in [0.1, 0.15) is 29.8 Å². The second kappa shape index (κ2) is 7.61. The van der Waals surface area contributed by atoms with Gasteiger partial charge in [-0.2, -0.15) is 0 Å². The van der Waals surface area contributed by atoms with Crippen LogP contribution in [0.25, 0.3) is 0 Å². The molecule has 0 aliphatic heterocycles. The number of carbonyl (C=O) groups excluding carboxylic acids is 1. The van der Waals surface area contributed by atoms with Crippen LogP contribution in [0.3, 0.4) is 0 Å². The molecule has 21 heavy (non-hydrogen) atoms. The van der Waals surface area contributed by atoms with Crippen LogP contribution in [0.5, 0.6) is 5.75 Å². The Hall–Kier alpha value is -1.33. The van der Waals surface area contributed by atoms with Gasteiger partial charge in [0.15, 0.2) is 0 Å². The van der Waals surface area contributed by atoms with E-state index in [2.05, 4.69) is 0 Å². The summed E-state index contributed by atoms with van der Waals surface area (Å²) in [7, 11) is 0. The lowest BCUT2D eigenvalue weighted by molar-refractivity contribution is -0.155. The summed E-state index contributed by atoms with van der Waals surface area (Å²) in [4.78, 5) is 11.6. The van der Waals surface area contributed by atoms with Crippen LogP contribution in [0.4, 0.5) is 4.39 Å². The van der Waals surface area contributed by atoms with E-state index < -0.39 is 30.0 Å². The molecule has 4 nitrogen and oxygen atoms in total. The number of benzene rings is 1. The van der Waals surface area contributed by atoms with Crippen molar-refractivity contribution in [1.29, 1.82) is 0 Å². The Bertz CT molecular complexity index is 474. The molecule has 0 aromatic heterocycles. The zero-order valence-corrected chi connectivity index (χ0v) is 13.4. The lowest BCUT2D eigenvalue weighted by Crippen LogP contribution is -2.41. The molecule has 1 rings (SSSR count). The molecule has 0 bridgehead atoms. The van der Waals surface area contributed by atoms with Gasteiger partial charge in [0.2, 0.25) is 0 Å². The van der Waals surface area contributed by atoms with Crippen molar-refractivity contribution in [2.45, 2.75) is 45.9 Å². The van der Waals surface area contributed by atoms with E-state index in [0.717, 1.165) is 0 Å². The lowest BCUT2D eigenvalue weighted by atomic mass is 10.0. The average molecular weight is 318 g/mol. The molecule has 6 heteroatoms. The maximum Gasteiger partial charge on any atom is 0.323 e. The fraction of sp³-hybridized carbons (Fsp3) is 0.533. The maximum absolute atomic E-state index is 13.3. The fourth-order valence-electron chi connectivity index (χ4n) is 1.89. The predicted molar refractivity (Wildman–Crippen MR) is 79.9 cm³/mol. The van der Waals surface area contributed by atoms with Crippen molar-refractivity contribution in [3.63, 3.8) is 0 Å². The summed E-state index contributed by atoms with van der Waals surface area (Å²) < 4.78 is 24.3. The molecular formula is C15H21ClFNO3. The van der Waals surface area contributed by atoms with Gasteiger partial charge in [0.05, 0.1) is 0 Å². The molecule has 118 valence electrons. The number of ether oxygens (including phenoxy) is 2. The smallest absolute Gasteiger partial charge is 0.323 e. The van der Waals surface area contributed by atoms with Crippen LogP contribution in [0.1, 0.15) is 27.7 Å². The van der Waals surface area contributed by atoms with Gasteiger partial charge in [-0.05, 0) is 31.9 Å². The van der Waals surface area contributed by atoms with Crippen molar-refractivity contribution in [3.8, 4) is 5.75 Å². The molecule has 0 amide bonds. The monoisotopic (exact) mass is 317 g/mol. The van der Waals surface area contributed by atoms with Crippen LogP contribution in [0.2, 0.25) is 5.02 Å². The minimum absolute atomic E-state index is 0.0444. The van der Waals surface area contributed by atoms with E-state index in [1.54, 1.807) is 13.8 Å². The van der Waals surface area contributed by atoms with Gasteiger partial charge in [-0.3, -0.25) is 4.79 Å². The third-order valence-corrected chi connectivity index (χ3v) is 3.12. The first-order valence-corrected chi connectivity index (χ1v) is 7.17. The molecule has 0 fully saturated rings. The Labute approximate surface area is 129 Å². The van der Waals surface area contributed by atoms with Gasteiger partial charge in [0.25, 0.3) is 0 Å². The van der Waals surface area contributed by atoms with Crippen LogP contribution < -0.4 is 10.5 Å². The molecule has 0 spiro atoms. The van der Waals surface area contributed by atoms with Crippen molar-refractivity contribution in [1.82, 2.24) is 0 Å². The molecule has 0 saturated heterocycles. The first-order chi connectivity index (χ1) is 9.70. The predicted octanol–water partition coefficient (Wildman–Crippen LogP) is 3.16. The zero-order chi connectivity index (χ0) is 16.2. The molecule has 2 N–H and O–H groups in total. The van der Waals surface area contributed by atoms with E-state index in [0.29, 0.717) is 5.75 Å². The normalized spacial score (nSPS) is 15.4. The van der Waals surface area contributed by atoms with Crippen molar-refractivity contribution in [3.05, 3.63) is 29.0 Å². The summed E-state index contributed by atoms with van der Waals surface area (Å²) in [6, 6.07) is 3.24. The molecule has 0 aliphatic rings. The number of hydrogen-bond donors (Lipinski definition) is 1. The van der Waals surface area contributed by atoms with E-state index in [4.69, 9.17) is 26.8 Å². The number of nitrogens with two attached hydrogens (primary N) is 1. The average Bonchev–Trinajstić information content (AvgIpc) is 2.33. The SMILES string of the molecule is CC(C)[C@@H](Oc1cc(F)cc(Cl)c1)[C@H](C)OC(=O)[C@H](C)N. The maximum atomic E-state index is 13.3. The Kier molecular flexibility index (Phi) is 6.42. The van der Waals surface area contributed by atoms with E-state index in [1.165, 1.54) is 18.2 Å². The third kappa shape index (κ3) is 5.52. The minimum atomic E-state index is -0.705. The molecule has 0 aliphatic carbocycles. The summed E-state index contributed by atoms with van der Waals surface area (Å²) >= 11 is 5.80. The summed E-state index contributed by atoms with van der Waals surface area (Å²) in [6.07, 6.45) is -0.962.